The minimum Gasteiger partial charge on any atom is -0.346 e. The van der Waals surface area contributed by atoms with E-state index in [2.05, 4.69) is 12.2 Å². The molecule has 0 aliphatic heterocycles. The first-order chi connectivity index (χ1) is 7.94. The number of rotatable bonds is 3. The van der Waals surface area contributed by atoms with E-state index in [1.165, 1.54) is 0 Å². The van der Waals surface area contributed by atoms with E-state index < -0.39 is 0 Å². The highest BCUT2D eigenvalue weighted by Gasteiger charge is 2.21. The predicted octanol–water partition coefficient (Wildman–Crippen LogP) is 3.16. The summed E-state index contributed by atoms with van der Waals surface area (Å²) in [5, 5.41) is 5.10. The van der Waals surface area contributed by atoms with E-state index in [0.717, 1.165) is 22.3 Å². The van der Waals surface area contributed by atoms with Crippen LogP contribution in [0.2, 0.25) is 0 Å². The lowest BCUT2D eigenvalue weighted by Crippen LogP contribution is -2.43. The van der Waals surface area contributed by atoms with Gasteiger partial charge in [0, 0.05) is 12.6 Å². The van der Waals surface area contributed by atoms with Crippen molar-refractivity contribution < 1.29 is 4.79 Å². The number of nitrogens with zero attached hydrogens (tertiary/aromatic N) is 1. The molecule has 2 aromatic heterocycles. The van der Waals surface area contributed by atoms with Crippen LogP contribution < -0.4 is 5.32 Å². The van der Waals surface area contributed by atoms with Gasteiger partial charge >= 0.3 is 0 Å². The van der Waals surface area contributed by atoms with Crippen LogP contribution in [0.3, 0.4) is 0 Å². The van der Waals surface area contributed by atoms with Gasteiger partial charge in [-0.25, -0.2) is 0 Å². The van der Waals surface area contributed by atoms with Crippen molar-refractivity contribution in [1.82, 2.24) is 9.88 Å². The van der Waals surface area contributed by atoms with Crippen molar-refractivity contribution in [2.75, 3.05) is 0 Å². The summed E-state index contributed by atoms with van der Waals surface area (Å²) in [7, 11) is 1.93. The predicted molar refractivity (Wildman–Crippen MR) is 72.6 cm³/mol. The monoisotopic (exact) mass is 250 g/mol. The van der Waals surface area contributed by atoms with Crippen LogP contribution in [0.4, 0.5) is 0 Å². The van der Waals surface area contributed by atoms with Gasteiger partial charge in [0.25, 0.3) is 5.91 Å². The van der Waals surface area contributed by atoms with Gasteiger partial charge in [0.05, 0.1) is 10.2 Å². The average Bonchev–Trinajstić information content (AvgIpc) is 2.81. The van der Waals surface area contributed by atoms with Gasteiger partial charge in [0.15, 0.2) is 0 Å². The first kappa shape index (κ1) is 12.2. The van der Waals surface area contributed by atoms with Gasteiger partial charge in [-0.05, 0) is 37.8 Å². The van der Waals surface area contributed by atoms with Crippen molar-refractivity contribution in [2.45, 2.75) is 32.7 Å². The fourth-order valence-electron chi connectivity index (χ4n) is 1.73. The van der Waals surface area contributed by atoms with Crippen LogP contribution >= 0.6 is 11.3 Å². The summed E-state index contributed by atoms with van der Waals surface area (Å²) >= 11 is 1.66. The summed E-state index contributed by atoms with van der Waals surface area (Å²) in [5.74, 6) is 0.00255. The third kappa shape index (κ3) is 2.22. The number of hydrogen-bond acceptors (Lipinski definition) is 2. The molecule has 0 fully saturated rings. The number of thiophene rings is 1. The zero-order valence-corrected chi connectivity index (χ0v) is 11.5. The molecule has 0 radical (unpaired) electrons. The van der Waals surface area contributed by atoms with Crippen LogP contribution in [0.5, 0.6) is 0 Å². The lowest BCUT2D eigenvalue weighted by Gasteiger charge is -2.24. The summed E-state index contributed by atoms with van der Waals surface area (Å²) in [6.45, 7) is 6.15. The van der Waals surface area contributed by atoms with Crippen LogP contribution in [0.1, 0.15) is 37.7 Å². The maximum Gasteiger partial charge on any atom is 0.268 e. The largest absolute Gasteiger partial charge is 0.346 e. The quantitative estimate of drug-likeness (QED) is 0.892. The Balaban J connectivity index is 2.30. The van der Waals surface area contributed by atoms with E-state index in [-0.39, 0.29) is 11.4 Å². The molecule has 0 aromatic carbocycles. The number of hydrogen-bond donors (Lipinski definition) is 1. The first-order valence-corrected chi connectivity index (χ1v) is 6.68. The van der Waals surface area contributed by atoms with Gasteiger partial charge in [0.1, 0.15) is 5.69 Å². The number of carbonyl (C=O) groups excluding carboxylic acids is 1. The Morgan fingerprint density at radius 2 is 2.24 bits per heavy atom. The van der Waals surface area contributed by atoms with Gasteiger partial charge in [-0.2, -0.15) is 0 Å². The van der Waals surface area contributed by atoms with Crippen molar-refractivity contribution in [3.8, 4) is 0 Å². The maximum absolute atomic E-state index is 12.2. The van der Waals surface area contributed by atoms with Gasteiger partial charge in [-0.15, -0.1) is 11.3 Å². The van der Waals surface area contributed by atoms with Crippen molar-refractivity contribution in [2.24, 2.45) is 7.05 Å². The van der Waals surface area contributed by atoms with Crippen LogP contribution in [0.15, 0.2) is 17.5 Å². The zero-order valence-electron chi connectivity index (χ0n) is 10.7. The van der Waals surface area contributed by atoms with Crippen molar-refractivity contribution in [3.63, 3.8) is 0 Å². The van der Waals surface area contributed by atoms with Crippen LogP contribution in [-0.2, 0) is 7.05 Å². The lowest BCUT2D eigenvalue weighted by atomic mass is 10.0. The van der Waals surface area contributed by atoms with Crippen LogP contribution in [0.25, 0.3) is 10.2 Å². The van der Waals surface area contributed by atoms with E-state index in [1.807, 2.05) is 43.0 Å². The normalized spacial score (nSPS) is 12.0. The number of nitrogens with one attached hydrogen (secondary N) is 1. The Morgan fingerprint density at radius 3 is 2.82 bits per heavy atom. The number of amides is 1. The topological polar surface area (TPSA) is 34.0 Å². The second-order valence-corrected chi connectivity index (χ2v) is 5.90. The van der Waals surface area contributed by atoms with Gasteiger partial charge in [0.2, 0.25) is 0 Å². The fourth-order valence-corrected chi connectivity index (χ4v) is 2.58. The molecule has 3 nitrogen and oxygen atoms in total. The highest BCUT2D eigenvalue weighted by molar-refractivity contribution is 7.17. The Hall–Kier alpha value is -1.29. The Bertz CT molecular complexity index is 551. The zero-order chi connectivity index (χ0) is 12.6. The van der Waals surface area contributed by atoms with E-state index >= 15 is 0 Å². The van der Waals surface area contributed by atoms with Gasteiger partial charge in [-0.1, -0.05) is 6.92 Å². The maximum atomic E-state index is 12.2. The number of aromatic nitrogens is 1. The molecule has 2 aromatic rings. The summed E-state index contributed by atoms with van der Waals surface area (Å²) in [5.41, 5.74) is 1.69. The van der Waals surface area contributed by atoms with E-state index in [9.17, 15) is 4.79 Å². The molecule has 92 valence electrons. The number of fused-ring (bicyclic) bond motifs is 1. The molecule has 0 aliphatic carbocycles. The van der Waals surface area contributed by atoms with E-state index in [4.69, 9.17) is 0 Å². The summed E-state index contributed by atoms with van der Waals surface area (Å²) < 4.78 is 3.11. The van der Waals surface area contributed by atoms with Gasteiger partial charge in [-0.3, -0.25) is 4.79 Å². The number of aryl methyl sites for hydroxylation is 1. The van der Waals surface area contributed by atoms with Crippen molar-refractivity contribution >= 4 is 27.5 Å². The summed E-state index contributed by atoms with van der Waals surface area (Å²) in [4.78, 5) is 12.2. The molecule has 0 bridgehead atoms. The highest BCUT2D eigenvalue weighted by atomic mass is 32.1. The average molecular weight is 250 g/mol. The SMILES string of the molecule is CCC(C)(C)NC(=O)c1cc2sccc2n1C. The third-order valence-electron chi connectivity index (χ3n) is 3.23. The Kier molecular flexibility index (Phi) is 3.00. The molecule has 2 heterocycles. The molecule has 1 amide bonds. The molecule has 0 aliphatic rings. The molecule has 4 heteroatoms. The lowest BCUT2D eigenvalue weighted by molar-refractivity contribution is 0.0903. The molecule has 0 saturated carbocycles. The number of carbonyl (C=O) groups is 1. The summed E-state index contributed by atoms with van der Waals surface area (Å²) in [6, 6.07) is 4.00. The Labute approximate surface area is 105 Å². The molecule has 0 unspecified atom stereocenters. The molecule has 17 heavy (non-hydrogen) atoms. The molecular formula is C13H18N2OS. The minimum absolute atomic E-state index is 0.00255. The van der Waals surface area contributed by atoms with Crippen LogP contribution in [-0.4, -0.2) is 16.0 Å². The van der Waals surface area contributed by atoms with Gasteiger partial charge < -0.3 is 9.88 Å². The highest BCUT2D eigenvalue weighted by Crippen LogP contribution is 2.24. The van der Waals surface area contributed by atoms with Crippen LogP contribution in [0, 0.1) is 0 Å². The van der Waals surface area contributed by atoms with E-state index in [1.54, 1.807) is 11.3 Å². The van der Waals surface area contributed by atoms with Crippen molar-refractivity contribution in [1.29, 1.82) is 0 Å². The molecule has 2 rings (SSSR count). The molecular weight excluding hydrogens is 232 g/mol. The fraction of sp³-hybridized carbons (Fsp3) is 0.462. The molecule has 0 spiro atoms. The first-order valence-electron chi connectivity index (χ1n) is 5.80. The van der Waals surface area contributed by atoms with E-state index in [0.29, 0.717) is 0 Å². The second kappa shape index (κ2) is 4.18. The third-order valence-corrected chi connectivity index (χ3v) is 4.09. The second-order valence-electron chi connectivity index (χ2n) is 4.95. The molecule has 0 saturated heterocycles. The van der Waals surface area contributed by atoms with Crippen molar-refractivity contribution in [3.05, 3.63) is 23.2 Å². The molecule has 1 N–H and O–H groups in total. The Morgan fingerprint density at radius 1 is 1.53 bits per heavy atom. The smallest absolute Gasteiger partial charge is 0.268 e. The minimum atomic E-state index is -0.158. The molecule has 0 atom stereocenters. The summed E-state index contributed by atoms with van der Waals surface area (Å²) in [6.07, 6.45) is 0.914. The standard InChI is InChI=1S/C13H18N2OS/c1-5-13(2,3)14-12(16)10-8-11-9(15(10)4)6-7-17-11/h6-8H,5H2,1-4H3,(H,14,16).